The number of carbonyl (C=O) groups is 2. The number of rotatable bonds is 8. The van der Waals surface area contributed by atoms with Crippen LogP contribution in [0.25, 0.3) is 11.4 Å². The molecule has 0 spiro atoms. The van der Waals surface area contributed by atoms with E-state index in [0.717, 1.165) is 5.75 Å². The van der Waals surface area contributed by atoms with Gasteiger partial charge in [0.25, 0.3) is 0 Å². The van der Waals surface area contributed by atoms with E-state index in [9.17, 15) is 9.59 Å². The van der Waals surface area contributed by atoms with Crippen molar-refractivity contribution >= 4 is 34.8 Å². The van der Waals surface area contributed by atoms with Crippen molar-refractivity contribution < 1.29 is 14.3 Å². The van der Waals surface area contributed by atoms with Crippen molar-refractivity contribution in [3.05, 3.63) is 48.5 Å². The molecule has 1 aromatic heterocycles. The summed E-state index contributed by atoms with van der Waals surface area (Å²) in [6, 6.07) is 14.1. The summed E-state index contributed by atoms with van der Waals surface area (Å²) in [5.74, 6) is 0.362. The number of amides is 2. The molecule has 2 N–H and O–H groups in total. The number of para-hydroxylation sites is 1. The second-order valence-corrected chi connectivity index (χ2v) is 6.95. The van der Waals surface area contributed by atoms with E-state index in [-0.39, 0.29) is 24.2 Å². The molecule has 0 aliphatic rings. The van der Waals surface area contributed by atoms with E-state index in [1.165, 1.54) is 4.80 Å². The summed E-state index contributed by atoms with van der Waals surface area (Å²) < 4.78 is 5.37. The molecule has 0 radical (unpaired) electrons. The first-order valence-electron chi connectivity index (χ1n) is 9.31. The third kappa shape index (κ3) is 5.54. The van der Waals surface area contributed by atoms with Crippen molar-refractivity contribution in [2.75, 3.05) is 17.2 Å². The van der Waals surface area contributed by atoms with Crippen LogP contribution in [0.15, 0.2) is 48.5 Å². The minimum absolute atomic E-state index is 0.118. The highest BCUT2D eigenvalue weighted by Crippen LogP contribution is 2.24. The summed E-state index contributed by atoms with van der Waals surface area (Å²) in [4.78, 5) is 25.4. The van der Waals surface area contributed by atoms with E-state index in [2.05, 4.69) is 26.0 Å². The fourth-order valence-electron chi connectivity index (χ4n) is 2.57. The summed E-state index contributed by atoms with van der Waals surface area (Å²) in [7, 11) is 0. The van der Waals surface area contributed by atoms with Crippen LogP contribution in [-0.4, -0.2) is 44.0 Å². The summed E-state index contributed by atoms with van der Waals surface area (Å²) >= 11 is 5.82. The van der Waals surface area contributed by atoms with Gasteiger partial charge in [-0.2, -0.15) is 4.80 Å². The van der Waals surface area contributed by atoms with Crippen molar-refractivity contribution in [3.63, 3.8) is 0 Å². The first-order valence-corrected chi connectivity index (χ1v) is 9.74. The monoisotopic (exact) mass is 428 g/mol. The number of benzene rings is 2. The molecule has 0 bridgehead atoms. The van der Waals surface area contributed by atoms with E-state index in [4.69, 9.17) is 16.3 Å². The smallest absolute Gasteiger partial charge is 0.248 e. The zero-order valence-corrected chi connectivity index (χ0v) is 17.3. The van der Waals surface area contributed by atoms with E-state index in [0.29, 0.717) is 23.5 Å². The van der Waals surface area contributed by atoms with Crippen molar-refractivity contribution in [2.24, 2.45) is 0 Å². The number of hydrogen-bond acceptors (Lipinski definition) is 6. The van der Waals surface area contributed by atoms with Crippen LogP contribution in [0.2, 0.25) is 0 Å². The third-order valence-electron chi connectivity index (χ3n) is 3.97. The molecule has 10 heteroatoms. The number of aromatic nitrogens is 4. The molecule has 156 valence electrons. The van der Waals surface area contributed by atoms with Gasteiger partial charge in [0.2, 0.25) is 17.6 Å². The van der Waals surface area contributed by atoms with Gasteiger partial charge in [-0.05, 0) is 55.5 Å². The maximum atomic E-state index is 12.3. The van der Waals surface area contributed by atoms with Gasteiger partial charge in [0.1, 0.15) is 17.7 Å². The van der Waals surface area contributed by atoms with Crippen LogP contribution < -0.4 is 15.4 Å². The van der Waals surface area contributed by atoms with Crippen molar-refractivity contribution in [1.29, 1.82) is 0 Å². The molecule has 3 aromatic rings. The summed E-state index contributed by atoms with van der Waals surface area (Å²) in [5, 5.41) is 17.0. The van der Waals surface area contributed by atoms with E-state index < -0.39 is 5.38 Å². The predicted octanol–water partition coefficient (Wildman–Crippen LogP) is 2.94. The molecule has 2 aromatic carbocycles. The molecule has 1 unspecified atom stereocenters. The number of alkyl halides is 1. The highest BCUT2D eigenvalue weighted by molar-refractivity contribution is 6.32. The molecule has 9 nitrogen and oxygen atoms in total. The van der Waals surface area contributed by atoms with Gasteiger partial charge < -0.3 is 15.4 Å². The molecule has 0 saturated heterocycles. The Labute approximate surface area is 178 Å². The van der Waals surface area contributed by atoms with Crippen LogP contribution in [0.5, 0.6) is 5.75 Å². The number of ether oxygens (including phenoxy) is 1. The molecule has 1 atom stereocenters. The van der Waals surface area contributed by atoms with Crippen LogP contribution in [0.1, 0.15) is 13.8 Å². The van der Waals surface area contributed by atoms with Crippen LogP contribution in [0.4, 0.5) is 11.4 Å². The van der Waals surface area contributed by atoms with Gasteiger partial charge >= 0.3 is 0 Å². The van der Waals surface area contributed by atoms with Crippen LogP contribution in [0, 0.1) is 0 Å². The second-order valence-electron chi connectivity index (χ2n) is 6.30. The molecule has 0 aliphatic carbocycles. The number of hydrogen-bond donors (Lipinski definition) is 2. The Balaban J connectivity index is 1.66. The number of halogens is 1. The first-order chi connectivity index (χ1) is 14.5. The minimum Gasteiger partial charge on any atom is -0.494 e. The average molecular weight is 429 g/mol. The Morgan fingerprint density at radius 1 is 1.13 bits per heavy atom. The van der Waals surface area contributed by atoms with Gasteiger partial charge in [0, 0.05) is 11.3 Å². The topological polar surface area (TPSA) is 111 Å². The average Bonchev–Trinajstić information content (AvgIpc) is 3.18. The Bertz CT molecular complexity index is 1020. The van der Waals surface area contributed by atoms with Crippen molar-refractivity contribution in [2.45, 2.75) is 25.8 Å². The Morgan fingerprint density at radius 2 is 1.87 bits per heavy atom. The number of nitrogens with zero attached hydrogens (tertiary/aromatic N) is 4. The highest BCUT2D eigenvalue weighted by atomic mass is 35.5. The molecule has 3 rings (SSSR count). The van der Waals surface area contributed by atoms with Gasteiger partial charge in [-0.15, -0.1) is 21.8 Å². The zero-order chi connectivity index (χ0) is 21.5. The molecule has 30 heavy (non-hydrogen) atoms. The maximum absolute atomic E-state index is 12.3. The zero-order valence-electron chi connectivity index (χ0n) is 16.5. The van der Waals surface area contributed by atoms with Crippen LogP contribution >= 0.6 is 11.6 Å². The molecular weight excluding hydrogens is 408 g/mol. The number of anilines is 2. The lowest BCUT2D eigenvalue weighted by atomic mass is 10.1. The predicted molar refractivity (Wildman–Crippen MR) is 113 cm³/mol. The van der Waals surface area contributed by atoms with Crippen LogP contribution in [-0.2, 0) is 16.1 Å². The molecule has 0 saturated carbocycles. The maximum Gasteiger partial charge on any atom is 0.248 e. The standard InChI is InChI=1S/C20H21ClN6O3/c1-3-30-15-10-8-14(9-11-15)22-18(28)12-27-25-19(24-26-27)16-6-4-5-7-17(16)23-20(29)13(2)21/h4-11,13H,3,12H2,1-2H3,(H,22,28)(H,23,29). The number of tetrazole rings is 1. The van der Waals surface area contributed by atoms with Gasteiger partial charge in [0.05, 0.1) is 12.3 Å². The van der Waals surface area contributed by atoms with Gasteiger partial charge in [0.15, 0.2) is 0 Å². The lowest BCUT2D eigenvalue weighted by Gasteiger charge is -2.09. The van der Waals surface area contributed by atoms with Crippen molar-refractivity contribution in [3.8, 4) is 17.1 Å². The minimum atomic E-state index is -0.687. The molecule has 2 amide bonds. The van der Waals surface area contributed by atoms with E-state index >= 15 is 0 Å². The van der Waals surface area contributed by atoms with Gasteiger partial charge in [-0.25, -0.2) is 0 Å². The largest absolute Gasteiger partial charge is 0.494 e. The Morgan fingerprint density at radius 3 is 2.57 bits per heavy atom. The molecule has 1 heterocycles. The van der Waals surface area contributed by atoms with Crippen molar-refractivity contribution in [1.82, 2.24) is 20.2 Å². The first kappa shape index (κ1) is 21.3. The van der Waals surface area contributed by atoms with Gasteiger partial charge in [-0.3, -0.25) is 9.59 Å². The molecule has 0 aliphatic heterocycles. The quantitative estimate of drug-likeness (QED) is 0.533. The lowest BCUT2D eigenvalue weighted by Crippen LogP contribution is -2.21. The Kier molecular flexibility index (Phi) is 6.97. The molecule has 0 fully saturated rings. The SMILES string of the molecule is CCOc1ccc(NC(=O)Cn2nnc(-c3ccccc3NC(=O)C(C)Cl)n2)cc1. The van der Waals surface area contributed by atoms with Gasteiger partial charge in [-0.1, -0.05) is 12.1 Å². The Hall–Kier alpha value is -3.46. The summed E-state index contributed by atoms with van der Waals surface area (Å²) in [6.07, 6.45) is 0. The molecular formula is C20H21ClN6O3. The summed E-state index contributed by atoms with van der Waals surface area (Å²) in [5.41, 5.74) is 1.71. The third-order valence-corrected chi connectivity index (χ3v) is 4.17. The second kappa shape index (κ2) is 9.84. The fourth-order valence-corrected chi connectivity index (χ4v) is 2.62. The van der Waals surface area contributed by atoms with Crippen LogP contribution in [0.3, 0.4) is 0 Å². The highest BCUT2D eigenvalue weighted by Gasteiger charge is 2.16. The summed E-state index contributed by atoms with van der Waals surface area (Å²) in [6.45, 7) is 3.94. The number of nitrogens with one attached hydrogen (secondary N) is 2. The van der Waals surface area contributed by atoms with E-state index in [1.807, 2.05) is 6.92 Å². The fraction of sp³-hybridized carbons (Fsp3) is 0.250. The normalized spacial score (nSPS) is 11.6. The lowest BCUT2D eigenvalue weighted by molar-refractivity contribution is -0.117. The van der Waals surface area contributed by atoms with E-state index in [1.54, 1.807) is 55.5 Å². The number of carbonyl (C=O) groups excluding carboxylic acids is 2.